The number of carbonyl (C=O) groups excluding carboxylic acids is 1. The molecule has 0 spiro atoms. The first kappa shape index (κ1) is 18.2. The Morgan fingerprint density at radius 2 is 1.81 bits per heavy atom. The van der Waals surface area contributed by atoms with Crippen molar-refractivity contribution in [2.75, 3.05) is 6.54 Å². The van der Waals surface area contributed by atoms with Gasteiger partial charge >= 0.3 is 0 Å². The highest BCUT2D eigenvalue weighted by Crippen LogP contribution is 2.23. The molecule has 0 saturated heterocycles. The first-order chi connectivity index (χ1) is 12.7. The van der Waals surface area contributed by atoms with Crippen LogP contribution in [0.2, 0.25) is 0 Å². The van der Waals surface area contributed by atoms with E-state index in [1.165, 1.54) is 22.0 Å². The average Bonchev–Trinajstić information content (AvgIpc) is 3.05. The first-order valence-electron chi connectivity index (χ1n) is 9.57. The molecule has 0 aliphatic carbocycles. The van der Waals surface area contributed by atoms with Crippen LogP contribution in [-0.4, -0.2) is 17.0 Å². The van der Waals surface area contributed by atoms with Crippen molar-refractivity contribution in [2.24, 2.45) is 0 Å². The van der Waals surface area contributed by atoms with E-state index < -0.39 is 0 Å². The molecule has 0 aliphatic rings. The molecule has 1 amide bonds. The summed E-state index contributed by atoms with van der Waals surface area (Å²) in [6.07, 6.45) is 4.63. The molecule has 3 nitrogen and oxygen atoms in total. The first-order valence-corrected chi connectivity index (χ1v) is 9.57. The predicted molar refractivity (Wildman–Crippen MR) is 108 cm³/mol. The van der Waals surface area contributed by atoms with Crippen molar-refractivity contribution >= 4 is 16.8 Å². The zero-order valence-corrected chi connectivity index (χ0v) is 15.7. The zero-order chi connectivity index (χ0) is 18.4. The highest BCUT2D eigenvalue weighted by Gasteiger charge is 2.10. The minimum absolute atomic E-state index is 0.145. The van der Waals surface area contributed by atoms with Crippen LogP contribution in [-0.2, 0) is 17.8 Å². The number of aryl methyl sites for hydroxylation is 2. The molecule has 3 aromatic rings. The Kier molecular flexibility index (Phi) is 6.11. The Morgan fingerprint density at radius 1 is 1.08 bits per heavy atom. The van der Waals surface area contributed by atoms with Gasteiger partial charge in [0.05, 0.1) is 0 Å². The summed E-state index contributed by atoms with van der Waals surface area (Å²) in [7, 11) is 0. The van der Waals surface area contributed by atoms with Crippen molar-refractivity contribution in [3.8, 4) is 0 Å². The van der Waals surface area contributed by atoms with Crippen molar-refractivity contribution in [2.45, 2.75) is 45.6 Å². The van der Waals surface area contributed by atoms with Crippen LogP contribution in [0.5, 0.6) is 0 Å². The molecule has 1 atom stereocenters. The topological polar surface area (TPSA) is 34.0 Å². The van der Waals surface area contributed by atoms with Crippen LogP contribution in [0.25, 0.3) is 10.9 Å². The predicted octanol–water partition coefficient (Wildman–Crippen LogP) is 4.90. The normalized spacial score (nSPS) is 12.2. The van der Waals surface area contributed by atoms with Gasteiger partial charge in [0, 0.05) is 36.6 Å². The fraction of sp³-hybridized carbons (Fsp3) is 0.348. The number of nitrogens with one attached hydrogen (secondary N) is 1. The van der Waals surface area contributed by atoms with Crippen LogP contribution in [0.1, 0.15) is 43.7 Å². The summed E-state index contributed by atoms with van der Waals surface area (Å²) < 4.78 is 2.28. The van der Waals surface area contributed by atoms with Gasteiger partial charge < -0.3 is 9.88 Å². The van der Waals surface area contributed by atoms with Gasteiger partial charge in [0.1, 0.15) is 0 Å². The zero-order valence-electron chi connectivity index (χ0n) is 15.7. The highest BCUT2D eigenvalue weighted by atomic mass is 16.1. The van der Waals surface area contributed by atoms with Crippen molar-refractivity contribution < 1.29 is 4.79 Å². The van der Waals surface area contributed by atoms with Gasteiger partial charge in [0.15, 0.2) is 0 Å². The van der Waals surface area contributed by atoms with Gasteiger partial charge in [-0.3, -0.25) is 4.79 Å². The lowest BCUT2D eigenvalue weighted by Crippen LogP contribution is -2.27. The molecule has 3 heteroatoms. The Morgan fingerprint density at radius 3 is 2.58 bits per heavy atom. The summed E-state index contributed by atoms with van der Waals surface area (Å²) in [5.41, 5.74) is 3.89. The minimum Gasteiger partial charge on any atom is -0.356 e. The lowest BCUT2D eigenvalue weighted by molar-refractivity contribution is -0.121. The molecule has 3 rings (SSSR count). The molecule has 0 fully saturated rings. The fourth-order valence-electron chi connectivity index (χ4n) is 3.48. The number of aromatic nitrogens is 1. The molecule has 26 heavy (non-hydrogen) atoms. The monoisotopic (exact) mass is 348 g/mol. The third kappa shape index (κ3) is 4.34. The SMILES string of the molecule is CCn1cc(CCCC(=O)NCC(C)c2ccccc2)c2ccccc21. The lowest BCUT2D eigenvalue weighted by Gasteiger charge is -2.13. The maximum atomic E-state index is 12.2. The fourth-order valence-corrected chi connectivity index (χ4v) is 3.48. The molecular weight excluding hydrogens is 320 g/mol. The molecule has 136 valence electrons. The molecule has 2 aromatic carbocycles. The maximum absolute atomic E-state index is 12.2. The van der Waals surface area contributed by atoms with Crippen LogP contribution >= 0.6 is 0 Å². The van der Waals surface area contributed by atoms with Gasteiger partial charge in [0.2, 0.25) is 5.91 Å². The number of carbonyl (C=O) groups is 1. The van der Waals surface area contributed by atoms with E-state index in [1.54, 1.807) is 0 Å². The number of nitrogens with zero attached hydrogens (tertiary/aromatic N) is 1. The summed E-state index contributed by atoms with van der Waals surface area (Å²) in [6, 6.07) is 18.8. The van der Waals surface area contributed by atoms with Crippen molar-refractivity contribution in [1.29, 1.82) is 0 Å². The van der Waals surface area contributed by atoms with Crippen LogP contribution < -0.4 is 5.32 Å². The van der Waals surface area contributed by atoms with Crippen LogP contribution in [0.3, 0.4) is 0 Å². The minimum atomic E-state index is 0.145. The second kappa shape index (κ2) is 8.70. The van der Waals surface area contributed by atoms with Gasteiger partial charge in [0.25, 0.3) is 0 Å². The third-order valence-electron chi connectivity index (χ3n) is 5.04. The lowest BCUT2D eigenvalue weighted by atomic mass is 10.0. The van der Waals surface area contributed by atoms with Gasteiger partial charge in [-0.1, -0.05) is 55.5 Å². The summed E-state index contributed by atoms with van der Waals surface area (Å²) >= 11 is 0. The molecule has 1 heterocycles. The van der Waals surface area contributed by atoms with Crippen LogP contribution in [0.4, 0.5) is 0 Å². The Hall–Kier alpha value is -2.55. The largest absolute Gasteiger partial charge is 0.356 e. The molecule has 1 unspecified atom stereocenters. The Balaban J connectivity index is 1.48. The third-order valence-corrected chi connectivity index (χ3v) is 5.04. The van der Waals surface area contributed by atoms with E-state index in [2.05, 4.69) is 66.3 Å². The van der Waals surface area contributed by atoms with E-state index in [0.717, 1.165) is 19.4 Å². The summed E-state index contributed by atoms with van der Waals surface area (Å²) in [5.74, 6) is 0.481. The molecular formula is C23H28N2O. The summed E-state index contributed by atoms with van der Waals surface area (Å²) in [4.78, 5) is 12.2. The summed E-state index contributed by atoms with van der Waals surface area (Å²) in [6.45, 7) is 5.98. The van der Waals surface area contributed by atoms with Gasteiger partial charge in [-0.05, 0) is 42.9 Å². The number of benzene rings is 2. The second-order valence-corrected chi connectivity index (χ2v) is 6.93. The number of rotatable bonds is 8. The van der Waals surface area contributed by atoms with Crippen molar-refractivity contribution in [1.82, 2.24) is 9.88 Å². The number of hydrogen-bond donors (Lipinski definition) is 1. The molecule has 0 radical (unpaired) electrons. The molecule has 1 N–H and O–H groups in total. The van der Waals surface area contributed by atoms with E-state index in [4.69, 9.17) is 0 Å². The Bertz CT molecular complexity index is 851. The smallest absolute Gasteiger partial charge is 0.220 e. The van der Waals surface area contributed by atoms with Crippen molar-refractivity contribution in [3.05, 3.63) is 71.9 Å². The van der Waals surface area contributed by atoms with E-state index in [1.807, 2.05) is 18.2 Å². The molecule has 1 aromatic heterocycles. The number of fused-ring (bicyclic) bond motifs is 1. The van der Waals surface area contributed by atoms with Crippen molar-refractivity contribution in [3.63, 3.8) is 0 Å². The number of para-hydroxylation sites is 1. The standard InChI is InChI=1S/C23H28N2O/c1-3-25-17-20(21-13-7-8-14-22(21)25)12-9-15-23(26)24-16-18(2)19-10-5-4-6-11-19/h4-8,10-11,13-14,17-18H,3,9,12,15-16H2,1-2H3,(H,24,26). The highest BCUT2D eigenvalue weighted by molar-refractivity contribution is 5.84. The van der Waals surface area contributed by atoms with E-state index in [-0.39, 0.29) is 5.91 Å². The van der Waals surface area contributed by atoms with Gasteiger partial charge in [-0.25, -0.2) is 0 Å². The van der Waals surface area contributed by atoms with E-state index >= 15 is 0 Å². The van der Waals surface area contributed by atoms with E-state index in [9.17, 15) is 4.79 Å². The van der Waals surface area contributed by atoms with Gasteiger partial charge in [-0.15, -0.1) is 0 Å². The molecule has 0 saturated carbocycles. The maximum Gasteiger partial charge on any atom is 0.220 e. The van der Waals surface area contributed by atoms with Crippen LogP contribution in [0, 0.1) is 0 Å². The second-order valence-electron chi connectivity index (χ2n) is 6.93. The number of amides is 1. The van der Waals surface area contributed by atoms with Gasteiger partial charge in [-0.2, -0.15) is 0 Å². The van der Waals surface area contributed by atoms with Crippen LogP contribution in [0.15, 0.2) is 60.8 Å². The average molecular weight is 348 g/mol. The quantitative estimate of drug-likeness (QED) is 0.617. The summed E-state index contributed by atoms with van der Waals surface area (Å²) in [5, 5.41) is 4.39. The molecule has 0 aliphatic heterocycles. The van der Waals surface area contributed by atoms with E-state index in [0.29, 0.717) is 18.9 Å². The Labute approximate surface area is 156 Å². The molecule has 0 bridgehead atoms. The number of hydrogen-bond acceptors (Lipinski definition) is 1.